The average molecular weight is 240 g/mol. The standard InChI is InChI=1S/C15H32N2/c1-14-6-7-15(2)9-13-17(4)11-5-10-16(3)12-8-14/h14-15H,5-13H2,1-4H3. The highest BCUT2D eigenvalue weighted by molar-refractivity contribution is 4.65. The van der Waals surface area contributed by atoms with Crippen molar-refractivity contribution < 1.29 is 0 Å². The third kappa shape index (κ3) is 7.05. The third-order valence-electron chi connectivity index (χ3n) is 4.24. The van der Waals surface area contributed by atoms with E-state index in [0.717, 1.165) is 11.8 Å². The van der Waals surface area contributed by atoms with E-state index in [0.29, 0.717) is 0 Å². The molecule has 1 rings (SSSR count). The summed E-state index contributed by atoms with van der Waals surface area (Å²) < 4.78 is 0. The molecule has 0 N–H and O–H groups in total. The first-order valence-corrected chi connectivity index (χ1v) is 7.45. The van der Waals surface area contributed by atoms with Crippen LogP contribution in [0.3, 0.4) is 0 Å². The molecule has 102 valence electrons. The van der Waals surface area contributed by atoms with E-state index < -0.39 is 0 Å². The van der Waals surface area contributed by atoms with Crippen LogP contribution >= 0.6 is 0 Å². The number of hydrogen-bond donors (Lipinski definition) is 0. The van der Waals surface area contributed by atoms with Gasteiger partial charge < -0.3 is 9.80 Å². The molecule has 1 heterocycles. The monoisotopic (exact) mass is 240 g/mol. The van der Waals surface area contributed by atoms with Gasteiger partial charge in [-0.05, 0) is 71.4 Å². The first-order chi connectivity index (χ1) is 8.08. The molecule has 2 atom stereocenters. The summed E-state index contributed by atoms with van der Waals surface area (Å²) >= 11 is 0. The van der Waals surface area contributed by atoms with E-state index in [1.807, 2.05) is 0 Å². The Bertz CT molecular complexity index is 173. The van der Waals surface area contributed by atoms with Crippen LogP contribution in [-0.2, 0) is 0 Å². The molecule has 0 saturated carbocycles. The minimum absolute atomic E-state index is 0.901. The van der Waals surface area contributed by atoms with Crippen molar-refractivity contribution >= 4 is 0 Å². The second-order valence-electron chi connectivity index (χ2n) is 6.33. The quantitative estimate of drug-likeness (QED) is 0.642. The van der Waals surface area contributed by atoms with Crippen molar-refractivity contribution in [2.45, 2.75) is 46.0 Å². The molecule has 0 aromatic carbocycles. The topological polar surface area (TPSA) is 6.48 Å². The van der Waals surface area contributed by atoms with Crippen LogP contribution in [0.1, 0.15) is 46.0 Å². The highest BCUT2D eigenvalue weighted by atomic mass is 15.1. The maximum Gasteiger partial charge on any atom is -0.000960 e. The molecular weight excluding hydrogens is 208 g/mol. The second kappa shape index (κ2) is 8.10. The zero-order valence-electron chi connectivity index (χ0n) is 12.4. The molecule has 0 aliphatic carbocycles. The Morgan fingerprint density at radius 1 is 0.647 bits per heavy atom. The van der Waals surface area contributed by atoms with Crippen LogP contribution < -0.4 is 0 Å². The van der Waals surface area contributed by atoms with E-state index in [4.69, 9.17) is 0 Å². The molecule has 0 bridgehead atoms. The van der Waals surface area contributed by atoms with Gasteiger partial charge in [0.15, 0.2) is 0 Å². The molecule has 0 aromatic heterocycles. The zero-order valence-corrected chi connectivity index (χ0v) is 12.4. The lowest BCUT2D eigenvalue weighted by Gasteiger charge is -2.20. The molecule has 1 saturated heterocycles. The van der Waals surface area contributed by atoms with Crippen LogP contribution in [0.4, 0.5) is 0 Å². The minimum Gasteiger partial charge on any atom is -0.306 e. The number of hydrogen-bond acceptors (Lipinski definition) is 2. The fraction of sp³-hybridized carbons (Fsp3) is 1.00. The predicted molar refractivity (Wildman–Crippen MR) is 76.4 cm³/mol. The maximum absolute atomic E-state index is 2.51. The largest absolute Gasteiger partial charge is 0.306 e. The maximum atomic E-state index is 2.51. The lowest BCUT2D eigenvalue weighted by atomic mass is 9.94. The fourth-order valence-electron chi connectivity index (χ4n) is 2.57. The van der Waals surface area contributed by atoms with E-state index in [-0.39, 0.29) is 0 Å². The van der Waals surface area contributed by atoms with Crippen molar-refractivity contribution in [3.8, 4) is 0 Å². The fourth-order valence-corrected chi connectivity index (χ4v) is 2.57. The molecule has 2 heteroatoms. The summed E-state index contributed by atoms with van der Waals surface area (Å²) in [7, 11) is 4.55. The molecular formula is C15H32N2. The summed E-state index contributed by atoms with van der Waals surface area (Å²) in [5.41, 5.74) is 0. The summed E-state index contributed by atoms with van der Waals surface area (Å²) in [6.45, 7) is 9.91. The van der Waals surface area contributed by atoms with Crippen LogP contribution in [0.15, 0.2) is 0 Å². The average Bonchev–Trinajstić information content (AvgIpc) is 2.31. The van der Waals surface area contributed by atoms with Gasteiger partial charge in [-0.25, -0.2) is 0 Å². The van der Waals surface area contributed by atoms with Crippen LogP contribution in [0.5, 0.6) is 0 Å². The molecule has 17 heavy (non-hydrogen) atoms. The zero-order chi connectivity index (χ0) is 12.7. The lowest BCUT2D eigenvalue weighted by molar-refractivity contribution is 0.266. The van der Waals surface area contributed by atoms with E-state index in [1.165, 1.54) is 58.3 Å². The van der Waals surface area contributed by atoms with E-state index in [2.05, 4.69) is 37.7 Å². The molecule has 1 aliphatic rings. The predicted octanol–water partition coefficient (Wildman–Crippen LogP) is 3.09. The number of nitrogens with zero attached hydrogens (tertiary/aromatic N) is 2. The highest BCUT2D eigenvalue weighted by Crippen LogP contribution is 2.18. The van der Waals surface area contributed by atoms with Gasteiger partial charge in [0, 0.05) is 0 Å². The molecule has 0 spiro atoms. The van der Waals surface area contributed by atoms with Gasteiger partial charge in [-0.15, -0.1) is 0 Å². The van der Waals surface area contributed by atoms with E-state index in [9.17, 15) is 0 Å². The summed E-state index contributed by atoms with van der Waals surface area (Å²) in [6.07, 6.45) is 6.89. The van der Waals surface area contributed by atoms with Crippen molar-refractivity contribution in [3.63, 3.8) is 0 Å². The Hall–Kier alpha value is -0.0800. The Labute approximate surface area is 108 Å². The normalized spacial score (nSPS) is 32.5. The molecule has 1 aliphatic heterocycles. The summed E-state index contributed by atoms with van der Waals surface area (Å²) in [6, 6.07) is 0. The van der Waals surface area contributed by atoms with Gasteiger partial charge in [-0.3, -0.25) is 0 Å². The molecule has 2 unspecified atom stereocenters. The second-order valence-corrected chi connectivity index (χ2v) is 6.33. The summed E-state index contributed by atoms with van der Waals surface area (Å²) in [5, 5.41) is 0. The highest BCUT2D eigenvalue weighted by Gasteiger charge is 2.10. The van der Waals surface area contributed by atoms with Gasteiger partial charge in [0.2, 0.25) is 0 Å². The summed E-state index contributed by atoms with van der Waals surface area (Å²) in [5.74, 6) is 1.80. The molecule has 2 nitrogen and oxygen atoms in total. The third-order valence-corrected chi connectivity index (χ3v) is 4.24. The molecule has 1 fully saturated rings. The van der Waals surface area contributed by atoms with Crippen molar-refractivity contribution in [1.82, 2.24) is 9.80 Å². The Balaban J connectivity index is 2.39. The van der Waals surface area contributed by atoms with Crippen LogP contribution in [0.2, 0.25) is 0 Å². The van der Waals surface area contributed by atoms with Gasteiger partial charge in [0.05, 0.1) is 0 Å². The first kappa shape index (κ1) is 15.0. The van der Waals surface area contributed by atoms with Crippen molar-refractivity contribution in [2.75, 3.05) is 40.3 Å². The SMILES string of the molecule is CC1CCC(C)CCN(C)CCCN(C)CC1. The lowest BCUT2D eigenvalue weighted by Crippen LogP contribution is -2.27. The van der Waals surface area contributed by atoms with Crippen molar-refractivity contribution in [2.24, 2.45) is 11.8 Å². The first-order valence-electron chi connectivity index (χ1n) is 7.45. The van der Waals surface area contributed by atoms with Gasteiger partial charge in [-0.1, -0.05) is 26.7 Å². The Morgan fingerprint density at radius 2 is 1.06 bits per heavy atom. The van der Waals surface area contributed by atoms with Gasteiger partial charge >= 0.3 is 0 Å². The molecule has 0 radical (unpaired) electrons. The van der Waals surface area contributed by atoms with Gasteiger partial charge in [0.1, 0.15) is 0 Å². The van der Waals surface area contributed by atoms with Crippen LogP contribution in [-0.4, -0.2) is 50.1 Å². The number of rotatable bonds is 0. The van der Waals surface area contributed by atoms with Crippen LogP contribution in [0, 0.1) is 11.8 Å². The van der Waals surface area contributed by atoms with E-state index >= 15 is 0 Å². The van der Waals surface area contributed by atoms with Crippen molar-refractivity contribution in [1.29, 1.82) is 0 Å². The van der Waals surface area contributed by atoms with Gasteiger partial charge in [0.25, 0.3) is 0 Å². The molecule has 0 amide bonds. The van der Waals surface area contributed by atoms with Gasteiger partial charge in [-0.2, -0.15) is 0 Å². The van der Waals surface area contributed by atoms with Crippen LogP contribution in [0.25, 0.3) is 0 Å². The Morgan fingerprint density at radius 3 is 1.47 bits per heavy atom. The molecule has 0 aromatic rings. The smallest absolute Gasteiger partial charge is 0.000960 e. The minimum atomic E-state index is 0.901. The van der Waals surface area contributed by atoms with Crippen molar-refractivity contribution in [3.05, 3.63) is 0 Å². The summed E-state index contributed by atoms with van der Waals surface area (Å²) in [4.78, 5) is 5.01. The Kier molecular flexibility index (Phi) is 7.14. The van der Waals surface area contributed by atoms with E-state index in [1.54, 1.807) is 0 Å².